The molecule has 0 saturated carbocycles. The van der Waals surface area contributed by atoms with Gasteiger partial charge in [0.05, 0.1) is 6.33 Å². The van der Waals surface area contributed by atoms with Crippen LogP contribution >= 0.6 is 0 Å². The van der Waals surface area contributed by atoms with E-state index < -0.39 is 17.7 Å². The normalized spacial score (nSPS) is 10.2. The second-order valence-electron chi connectivity index (χ2n) is 3.77. The van der Waals surface area contributed by atoms with Crippen LogP contribution in [0.1, 0.15) is 21.0 Å². The maximum atomic E-state index is 12.8. The second kappa shape index (κ2) is 4.89. The van der Waals surface area contributed by atoms with Gasteiger partial charge in [0.25, 0.3) is 5.91 Å². The second-order valence-corrected chi connectivity index (χ2v) is 3.77. The third kappa shape index (κ3) is 2.44. The van der Waals surface area contributed by atoms with Gasteiger partial charge in [0.15, 0.2) is 11.4 Å². The van der Waals surface area contributed by atoms with E-state index in [0.717, 1.165) is 6.33 Å². The first kappa shape index (κ1) is 12.7. The molecule has 7 heteroatoms. The summed E-state index contributed by atoms with van der Waals surface area (Å²) in [6.07, 6.45) is 1.13. The van der Waals surface area contributed by atoms with Gasteiger partial charge in [-0.15, -0.1) is 0 Å². The van der Waals surface area contributed by atoms with Crippen LogP contribution in [0.4, 0.5) is 10.1 Å². The van der Waals surface area contributed by atoms with E-state index in [9.17, 15) is 14.0 Å². The minimum Gasteiger partial charge on any atom is -0.477 e. The first-order valence-corrected chi connectivity index (χ1v) is 5.31. The van der Waals surface area contributed by atoms with Crippen LogP contribution in [0.2, 0.25) is 0 Å². The summed E-state index contributed by atoms with van der Waals surface area (Å²) >= 11 is 0. The molecule has 2 rings (SSSR count). The van der Waals surface area contributed by atoms with Crippen molar-refractivity contribution in [1.29, 1.82) is 0 Å². The van der Waals surface area contributed by atoms with E-state index in [1.807, 2.05) is 0 Å². The molecule has 0 fully saturated rings. The van der Waals surface area contributed by atoms with E-state index >= 15 is 0 Å². The number of nitrogens with zero attached hydrogens (tertiary/aromatic N) is 2. The summed E-state index contributed by atoms with van der Waals surface area (Å²) in [6, 6.07) is 5.25. The van der Waals surface area contributed by atoms with Crippen LogP contribution < -0.4 is 4.90 Å². The molecule has 0 spiro atoms. The minimum atomic E-state index is -1.27. The molecule has 0 aliphatic rings. The third-order valence-electron chi connectivity index (χ3n) is 2.57. The summed E-state index contributed by atoms with van der Waals surface area (Å²) in [4.78, 5) is 30.3. The maximum Gasteiger partial charge on any atom is 0.354 e. The molecule has 1 aromatic carbocycles. The topological polar surface area (TPSA) is 86.3 Å². The molecule has 1 heterocycles. The number of carboxylic acid groups (broad SMARTS) is 1. The van der Waals surface area contributed by atoms with Crippen LogP contribution in [0.5, 0.6) is 0 Å². The van der Waals surface area contributed by atoms with Crippen LogP contribution in [-0.4, -0.2) is 34.0 Å². The summed E-state index contributed by atoms with van der Waals surface area (Å²) in [6.45, 7) is 0. The lowest BCUT2D eigenvalue weighted by atomic mass is 10.2. The van der Waals surface area contributed by atoms with Crippen molar-refractivity contribution in [2.45, 2.75) is 0 Å². The van der Waals surface area contributed by atoms with Gasteiger partial charge in [0.2, 0.25) is 0 Å². The molecule has 2 N–H and O–H groups in total. The van der Waals surface area contributed by atoms with Gasteiger partial charge in [-0.1, -0.05) is 0 Å². The summed E-state index contributed by atoms with van der Waals surface area (Å²) in [5.74, 6) is -2.28. The highest BCUT2D eigenvalue weighted by Gasteiger charge is 2.23. The molecule has 0 atom stereocenters. The first-order chi connectivity index (χ1) is 9.00. The summed E-state index contributed by atoms with van der Waals surface area (Å²) < 4.78 is 12.8. The van der Waals surface area contributed by atoms with Gasteiger partial charge in [0.1, 0.15) is 5.82 Å². The lowest BCUT2D eigenvalue weighted by Gasteiger charge is -2.16. The third-order valence-corrected chi connectivity index (χ3v) is 2.57. The molecular weight excluding hydrogens is 253 g/mol. The molecule has 0 unspecified atom stereocenters. The van der Waals surface area contributed by atoms with E-state index in [2.05, 4.69) is 9.97 Å². The Bertz CT molecular complexity index is 621. The van der Waals surface area contributed by atoms with Crippen molar-refractivity contribution >= 4 is 17.6 Å². The fourth-order valence-electron chi connectivity index (χ4n) is 1.56. The largest absolute Gasteiger partial charge is 0.477 e. The van der Waals surface area contributed by atoms with Crippen molar-refractivity contribution in [3.63, 3.8) is 0 Å². The molecule has 0 bridgehead atoms. The number of amides is 1. The van der Waals surface area contributed by atoms with Crippen molar-refractivity contribution in [3.8, 4) is 0 Å². The van der Waals surface area contributed by atoms with Crippen LogP contribution in [0.3, 0.4) is 0 Å². The highest BCUT2D eigenvalue weighted by molar-refractivity contribution is 6.09. The van der Waals surface area contributed by atoms with E-state index in [0.29, 0.717) is 5.69 Å². The van der Waals surface area contributed by atoms with Gasteiger partial charge in [-0.05, 0) is 24.3 Å². The number of anilines is 1. The van der Waals surface area contributed by atoms with E-state index in [1.54, 1.807) is 0 Å². The Balaban J connectivity index is 2.31. The van der Waals surface area contributed by atoms with Crippen molar-refractivity contribution < 1.29 is 19.1 Å². The number of carboxylic acids is 1. The Morgan fingerprint density at radius 2 is 1.95 bits per heavy atom. The number of hydrogen-bond donors (Lipinski definition) is 2. The lowest BCUT2D eigenvalue weighted by molar-refractivity contribution is 0.0686. The molecular formula is C12H10FN3O3. The Morgan fingerprint density at radius 1 is 1.32 bits per heavy atom. The van der Waals surface area contributed by atoms with Gasteiger partial charge < -0.3 is 15.0 Å². The monoisotopic (exact) mass is 263 g/mol. The molecule has 1 amide bonds. The number of rotatable bonds is 3. The highest BCUT2D eigenvalue weighted by Crippen LogP contribution is 2.16. The molecule has 0 aliphatic heterocycles. The molecule has 6 nitrogen and oxygen atoms in total. The zero-order valence-electron chi connectivity index (χ0n) is 9.92. The van der Waals surface area contributed by atoms with Crippen LogP contribution in [0.15, 0.2) is 30.6 Å². The van der Waals surface area contributed by atoms with Gasteiger partial charge in [-0.25, -0.2) is 14.2 Å². The zero-order valence-corrected chi connectivity index (χ0v) is 9.92. The van der Waals surface area contributed by atoms with Gasteiger partial charge >= 0.3 is 5.97 Å². The predicted octanol–water partition coefficient (Wildman–Crippen LogP) is 1.52. The average Bonchev–Trinajstić information content (AvgIpc) is 2.87. The molecule has 0 aliphatic carbocycles. The van der Waals surface area contributed by atoms with Crippen LogP contribution in [0.25, 0.3) is 0 Å². The number of aromatic amines is 1. The Hall–Kier alpha value is -2.70. The highest BCUT2D eigenvalue weighted by atomic mass is 19.1. The standard InChI is InChI=1S/C12H10FN3O3/c1-16(8-4-2-7(13)3-5-8)11(17)9-10(12(18)19)15-6-14-9/h2-6H,1H3,(H,14,15)(H,18,19). The maximum absolute atomic E-state index is 12.8. The Morgan fingerprint density at radius 3 is 2.53 bits per heavy atom. The zero-order chi connectivity index (χ0) is 14.0. The number of halogens is 1. The molecule has 98 valence electrons. The minimum absolute atomic E-state index is 0.195. The van der Waals surface area contributed by atoms with Crippen molar-refractivity contribution in [3.05, 3.63) is 47.8 Å². The lowest BCUT2D eigenvalue weighted by Crippen LogP contribution is -2.28. The van der Waals surface area contributed by atoms with Gasteiger partial charge in [-0.2, -0.15) is 0 Å². The number of carbonyl (C=O) groups is 2. The quantitative estimate of drug-likeness (QED) is 0.879. The number of hydrogen-bond acceptors (Lipinski definition) is 3. The molecule has 2 aromatic rings. The molecule has 0 saturated heterocycles. The SMILES string of the molecule is CN(C(=O)c1nc[nH]c1C(=O)O)c1ccc(F)cc1. The molecule has 0 radical (unpaired) electrons. The Kier molecular flexibility index (Phi) is 3.28. The number of H-pyrrole nitrogens is 1. The molecule has 19 heavy (non-hydrogen) atoms. The predicted molar refractivity (Wildman–Crippen MR) is 64.7 cm³/mol. The fourth-order valence-corrected chi connectivity index (χ4v) is 1.56. The summed E-state index contributed by atoms with van der Waals surface area (Å²) in [5, 5.41) is 8.90. The molecule has 1 aromatic heterocycles. The number of carbonyl (C=O) groups excluding carboxylic acids is 1. The number of aromatic nitrogens is 2. The summed E-state index contributed by atoms with van der Waals surface area (Å²) in [7, 11) is 1.45. The van der Waals surface area contributed by atoms with Crippen molar-refractivity contribution in [2.24, 2.45) is 0 Å². The number of benzene rings is 1. The van der Waals surface area contributed by atoms with E-state index in [-0.39, 0.29) is 11.4 Å². The average molecular weight is 263 g/mol. The van der Waals surface area contributed by atoms with Crippen molar-refractivity contribution in [1.82, 2.24) is 9.97 Å². The summed E-state index contributed by atoms with van der Waals surface area (Å²) in [5.41, 5.74) is -0.0379. The van der Waals surface area contributed by atoms with E-state index in [4.69, 9.17) is 5.11 Å². The number of nitrogens with one attached hydrogen (secondary N) is 1. The Labute approximate surface area is 107 Å². The first-order valence-electron chi connectivity index (χ1n) is 5.31. The van der Waals surface area contributed by atoms with Gasteiger partial charge in [0, 0.05) is 12.7 Å². The van der Waals surface area contributed by atoms with Gasteiger partial charge in [-0.3, -0.25) is 4.79 Å². The van der Waals surface area contributed by atoms with E-state index in [1.165, 1.54) is 36.2 Å². The van der Waals surface area contributed by atoms with Crippen molar-refractivity contribution in [2.75, 3.05) is 11.9 Å². The fraction of sp³-hybridized carbons (Fsp3) is 0.0833. The number of aromatic carboxylic acids is 1. The smallest absolute Gasteiger partial charge is 0.354 e. The van der Waals surface area contributed by atoms with Crippen LogP contribution in [-0.2, 0) is 0 Å². The van der Waals surface area contributed by atoms with Crippen LogP contribution in [0, 0.1) is 5.82 Å². The number of imidazole rings is 1.